The van der Waals surface area contributed by atoms with Crippen LogP contribution in [0.1, 0.15) is 46.0 Å². The van der Waals surface area contributed by atoms with Gasteiger partial charge in [-0.25, -0.2) is 4.68 Å². The van der Waals surface area contributed by atoms with Crippen LogP contribution in [-0.2, 0) is 16.8 Å². The van der Waals surface area contributed by atoms with Crippen LogP contribution in [0.25, 0.3) is 0 Å². The van der Waals surface area contributed by atoms with E-state index in [1.54, 1.807) is 4.90 Å². The number of carbonyl (C=O) groups is 1. The Kier molecular flexibility index (Phi) is 7.45. The van der Waals surface area contributed by atoms with Crippen molar-refractivity contribution in [2.75, 3.05) is 17.3 Å². The molecule has 1 unspecified atom stereocenters. The molecule has 0 saturated heterocycles. The van der Waals surface area contributed by atoms with Crippen molar-refractivity contribution < 1.29 is 9.53 Å². The summed E-state index contributed by atoms with van der Waals surface area (Å²) in [4.78, 5) is 14.7. The van der Waals surface area contributed by atoms with Gasteiger partial charge < -0.3 is 15.5 Å². The van der Waals surface area contributed by atoms with Gasteiger partial charge >= 0.3 is 0 Å². The van der Waals surface area contributed by atoms with Crippen molar-refractivity contribution in [3.05, 3.63) is 66.0 Å². The fraction of sp³-hybridized carbons (Fsp3) is 0.375. The average Bonchev–Trinajstić information content (AvgIpc) is 3.12. The van der Waals surface area contributed by atoms with Gasteiger partial charge in [-0.05, 0) is 49.1 Å². The van der Waals surface area contributed by atoms with Crippen molar-refractivity contribution in [1.82, 2.24) is 14.9 Å². The Labute approximate surface area is 193 Å². The molecule has 2 N–H and O–H groups in total. The molecule has 0 aliphatic heterocycles. The van der Waals surface area contributed by atoms with Crippen molar-refractivity contribution in [1.29, 1.82) is 0 Å². The fourth-order valence-electron chi connectivity index (χ4n) is 3.19. The van der Waals surface area contributed by atoms with E-state index < -0.39 is 0 Å². The number of para-hydroxylation sites is 1. The van der Waals surface area contributed by atoms with Crippen LogP contribution in [0, 0.1) is 0 Å². The van der Waals surface area contributed by atoms with E-state index in [0.29, 0.717) is 17.5 Å². The number of hydrogen-bond acceptors (Lipinski definition) is 6. The van der Waals surface area contributed by atoms with Gasteiger partial charge in [0.2, 0.25) is 11.1 Å². The molecule has 0 aliphatic rings. The topological polar surface area (TPSA) is 86.3 Å². The van der Waals surface area contributed by atoms with Crippen LogP contribution in [0.4, 0.5) is 5.69 Å². The summed E-state index contributed by atoms with van der Waals surface area (Å²) in [5.41, 5.74) is 2.19. The average molecular weight is 454 g/mol. The zero-order chi connectivity index (χ0) is 23.3. The van der Waals surface area contributed by atoms with Crippen LogP contribution in [0.5, 0.6) is 5.75 Å². The minimum absolute atomic E-state index is 0.0107. The van der Waals surface area contributed by atoms with Crippen molar-refractivity contribution in [2.24, 2.45) is 0 Å². The molecule has 1 atom stereocenters. The molecule has 0 bridgehead atoms. The van der Waals surface area contributed by atoms with E-state index in [1.165, 1.54) is 22.0 Å². The van der Waals surface area contributed by atoms with E-state index in [2.05, 4.69) is 43.1 Å². The Balaban J connectivity index is 1.62. The Morgan fingerprint density at radius 3 is 2.38 bits per heavy atom. The lowest BCUT2D eigenvalue weighted by Crippen LogP contribution is -2.36. The fourth-order valence-corrected chi connectivity index (χ4v) is 4.04. The Morgan fingerprint density at radius 1 is 1.12 bits per heavy atom. The summed E-state index contributed by atoms with van der Waals surface area (Å²) in [7, 11) is 0. The van der Waals surface area contributed by atoms with Crippen molar-refractivity contribution >= 4 is 23.4 Å². The van der Waals surface area contributed by atoms with Gasteiger partial charge in [0.05, 0.1) is 5.25 Å². The molecule has 8 heteroatoms. The number of aromatic nitrogens is 3. The molecule has 3 aromatic rings. The largest absolute Gasteiger partial charge is 0.486 e. The van der Waals surface area contributed by atoms with E-state index in [4.69, 9.17) is 10.6 Å². The number of benzene rings is 2. The Morgan fingerprint density at radius 2 is 1.78 bits per heavy atom. The molecule has 3 rings (SSSR count). The summed E-state index contributed by atoms with van der Waals surface area (Å²) in [5.74, 6) is 7.40. The second-order valence-electron chi connectivity index (χ2n) is 8.51. The van der Waals surface area contributed by atoms with Gasteiger partial charge in [-0.1, -0.05) is 62.9 Å². The van der Waals surface area contributed by atoms with Gasteiger partial charge in [-0.15, -0.1) is 10.2 Å². The molecular weight excluding hydrogens is 422 g/mol. The van der Waals surface area contributed by atoms with Crippen LogP contribution in [-0.4, -0.2) is 32.6 Å². The molecule has 1 aromatic heterocycles. The maximum absolute atomic E-state index is 13.0. The third-order valence-electron chi connectivity index (χ3n) is 5.10. The smallest absolute Gasteiger partial charge is 0.240 e. The lowest BCUT2D eigenvalue weighted by Gasteiger charge is -2.24. The summed E-state index contributed by atoms with van der Waals surface area (Å²) >= 11 is 1.28. The first kappa shape index (κ1) is 23.7. The van der Waals surface area contributed by atoms with Crippen LogP contribution in [0.15, 0.2) is 59.8 Å². The van der Waals surface area contributed by atoms with Crippen LogP contribution in [0.2, 0.25) is 0 Å². The minimum atomic E-state index is -0.375. The SMILES string of the molecule is CCN(C(=O)C(C)Sc1nnc(COc2ccc(C(C)(C)C)cc2)n1N)c1ccccc1. The number of rotatable bonds is 8. The molecule has 32 heavy (non-hydrogen) atoms. The second kappa shape index (κ2) is 10.1. The molecule has 7 nitrogen and oxygen atoms in total. The number of nitrogen functional groups attached to an aromatic ring is 1. The molecule has 1 amide bonds. The predicted molar refractivity (Wildman–Crippen MR) is 129 cm³/mol. The first-order valence-electron chi connectivity index (χ1n) is 10.7. The first-order chi connectivity index (χ1) is 15.2. The van der Waals surface area contributed by atoms with E-state index in [-0.39, 0.29) is 23.2 Å². The summed E-state index contributed by atoms with van der Waals surface area (Å²) < 4.78 is 7.22. The molecule has 0 spiro atoms. The quantitative estimate of drug-likeness (QED) is 0.402. The Hall–Kier alpha value is -3.00. The monoisotopic (exact) mass is 453 g/mol. The normalized spacial score (nSPS) is 12.4. The van der Waals surface area contributed by atoms with E-state index in [1.807, 2.05) is 56.3 Å². The zero-order valence-electron chi connectivity index (χ0n) is 19.3. The molecule has 0 radical (unpaired) electrons. The highest BCUT2D eigenvalue weighted by Crippen LogP contribution is 2.26. The molecule has 1 heterocycles. The highest BCUT2D eigenvalue weighted by atomic mass is 32.2. The maximum atomic E-state index is 13.0. The van der Waals surface area contributed by atoms with Gasteiger partial charge in [0.15, 0.2) is 5.82 Å². The summed E-state index contributed by atoms with van der Waals surface area (Å²) in [6, 6.07) is 17.6. The number of ether oxygens (including phenoxy) is 1. The lowest BCUT2D eigenvalue weighted by molar-refractivity contribution is -0.117. The van der Waals surface area contributed by atoms with Gasteiger partial charge in [0.1, 0.15) is 12.4 Å². The van der Waals surface area contributed by atoms with Crippen LogP contribution in [0.3, 0.4) is 0 Å². The first-order valence-corrected chi connectivity index (χ1v) is 11.5. The van der Waals surface area contributed by atoms with Crippen LogP contribution >= 0.6 is 11.8 Å². The number of thioether (sulfide) groups is 1. The highest BCUT2D eigenvalue weighted by molar-refractivity contribution is 8.00. The highest BCUT2D eigenvalue weighted by Gasteiger charge is 2.24. The van der Waals surface area contributed by atoms with Gasteiger partial charge in [-0.3, -0.25) is 4.79 Å². The number of amides is 1. The molecular formula is C24H31N5O2S. The van der Waals surface area contributed by atoms with E-state index in [0.717, 1.165) is 11.4 Å². The van der Waals surface area contributed by atoms with Crippen molar-refractivity contribution in [2.45, 2.75) is 57.0 Å². The number of nitrogens with zero attached hydrogens (tertiary/aromatic N) is 4. The number of anilines is 1. The predicted octanol–water partition coefficient (Wildman–Crippen LogP) is 4.40. The standard InChI is InChI=1S/C24H31N5O2S/c1-6-28(19-10-8-7-9-11-19)22(30)17(2)32-23-27-26-21(29(23)25)16-31-20-14-12-18(13-15-20)24(3,4)5/h7-15,17H,6,16,25H2,1-5H3. The van der Waals surface area contributed by atoms with Crippen LogP contribution < -0.4 is 15.5 Å². The van der Waals surface area contributed by atoms with Crippen molar-refractivity contribution in [3.8, 4) is 5.75 Å². The molecule has 0 saturated carbocycles. The molecule has 2 aromatic carbocycles. The number of carbonyl (C=O) groups excluding carboxylic acids is 1. The lowest BCUT2D eigenvalue weighted by atomic mass is 9.87. The summed E-state index contributed by atoms with van der Waals surface area (Å²) in [5, 5.41) is 8.39. The second-order valence-corrected chi connectivity index (χ2v) is 9.82. The number of hydrogen-bond donors (Lipinski definition) is 1. The molecule has 0 fully saturated rings. The Bertz CT molecular complexity index is 1030. The van der Waals surface area contributed by atoms with Gasteiger partial charge in [0, 0.05) is 12.2 Å². The summed E-state index contributed by atoms with van der Waals surface area (Å²) in [6.07, 6.45) is 0. The minimum Gasteiger partial charge on any atom is -0.486 e. The maximum Gasteiger partial charge on any atom is 0.240 e. The third-order valence-corrected chi connectivity index (χ3v) is 6.15. The summed E-state index contributed by atoms with van der Waals surface area (Å²) in [6.45, 7) is 11.1. The van der Waals surface area contributed by atoms with Crippen molar-refractivity contribution in [3.63, 3.8) is 0 Å². The van der Waals surface area contributed by atoms with Gasteiger partial charge in [-0.2, -0.15) is 0 Å². The zero-order valence-corrected chi connectivity index (χ0v) is 20.1. The van der Waals surface area contributed by atoms with E-state index in [9.17, 15) is 4.79 Å². The van der Waals surface area contributed by atoms with Gasteiger partial charge in [0.25, 0.3) is 0 Å². The number of nitrogens with two attached hydrogens (primary N) is 1. The molecule has 170 valence electrons. The molecule has 0 aliphatic carbocycles. The van der Waals surface area contributed by atoms with E-state index >= 15 is 0 Å². The third kappa shape index (κ3) is 5.62.